The topological polar surface area (TPSA) is 66.4 Å². The van der Waals surface area contributed by atoms with Crippen LogP contribution in [-0.2, 0) is 4.79 Å². The van der Waals surface area contributed by atoms with Crippen LogP contribution in [0.15, 0.2) is 45.6 Å². The predicted octanol–water partition coefficient (Wildman–Crippen LogP) is 3.86. The summed E-state index contributed by atoms with van der Waals surface area (Å²) in [5, 5.41) is 13.1. The molecule has 2 rings (SSSR count). The van der Waals surface area contributed by atoms with Gasteiger partial charge >= 0.3 is 5.97 Å². The molecule has 0 aliphatic carbocycles. The first-order valence-electron chi connectivity index (χ1n) is 5.61. The molecule has 4 nitrogen and oxygen atoms in total. The lowest BCUT2D eigenvalue weighted by Crippen LogP contribution is -2.10. The Labute approximate surface area is 127 Å². The fourth-order valence-corrected chi connectivity index (χ4v) is 2.66. The van der Waals surface area contributed by atoms with E-state index in [9.17, 15) is 9.59 Å². The van der Waals surface area contributed by atoms with Crippen molar-refractivity contribution in [3.8, 4) is 0 Å². The van der Waals surface area contributed by atoms with Crippen molar-refractivity contribution in [2.45, 2.75) is 0 Å². The molecule has 0 bridgehead atoms. The van der Waals surface area contributed by atoms with E-state index in [1.807, 2.05) is 0 Å². The number of carbonyl (C=O) groups excluding carboxylic acids is 1. The Morgan fingerprint density at radius 2 is 2.10 bits per heavy atom. The number of carbonyl (C=O) groups is 2. The molecular formula is C14H10BrNO3S. The van der Waals surface area contributed by atoms with Crippen LogP contribution in [0.2, 0.25) is 0 Å². The van der Waals surface area contributed by atoms with Gasteiger partial charge in [0.1, 0.15) is 0 Å². The maximum atomic E-state index is 12.0. The molecule has 1 amide bonds. The van der Waals surface area contributed by atoms with Crippen LogP contribution >= 0.6 is 27.3 Å². The zero-order valence-electron chi connectivity index (χ0n) is 10.2. The third-order valence-electron chi connectivity index (χ3n) is 2.39. The summed E-state index contributed by atoms with van der Waals surface area (Å²) in [6.07, 6.45) is 2.52. The Morgan fingerprint density at radius 1 is 1.30 bits per heavy atom. The van der Waals surface area contributed by atoms with Gasteiger partial charge in [-0.3, -0.25) is 4.79 Å². The third-order valence-corrected chi connectivity index (χ3v) is 3.90. The summed E-state index contributed by atoms with van der Waals surface area (Å²) in [6, 6.07) is 8.71. The van der Waals surface area contributed by atoms with Crippen LogP contribution in [0.25, 0.3) is 6.08 Å². The number of hydrogen-bond acceptors (Lipinski definition) is 3. The first kappa shape index (κ1) is 14.5. The average Bonchev–Trinajstić information content (AvgIpc) is 2.84. The molecule has 102 valence electrons. The van der Waals surface area contributed by atoms with Crippen molar-refractivity contribution in [2.24, 2.45) is 0 Å². The number of benzene rings is 1. The van der Waals surface area contributed by atoms with E-state index in [1.165, 1.54) is 17.4 Å². The van der Waals surface area contributed by atoms with Crippen LogP contribution in [0, 0.1) is 0 Å². The highest BCUT2D eigenvalue weighted by molar-refractivity contribution is 9.11. The molecule has 2 N–H and O–H groups in total. The first-order valence-corrected chi connectivity index (χ1v) is 7.28. The van der Waals surface area contributed by atoms with Crippen LogP contribution < -0.4 is 5.32 Å². The van der Waals surface area contributed by atoms with Crippen molar-refractivity contribution in [3.05, 3.63) is 56.7 Å². The van der Waals surface area contributed by atoms with Crippen LogP contribution in [0.5, 0.6) is 0 Å². The maximum absolute atomic E-state index is 12.0. The van der Waals surface area contributed by atoms with Crippen molar-refractivity contribution in [2.75, 3.05) is 5.32 Å². The van der Waals surface area contributed by atoms with E-state index in [0.29, 0.717) is 16.8 Å². The van der Waals surface area contributed by atoms with Crippen LogP contribution in [0.1, 0.15) is 15.9 Å². The molecule has 0 spiro atoms. The third kappa shape index (κ3) is 4.04. The van der Waals surface area contributed by atoms with Gasteiger partial charge in [0.15, 0.2) is 0 Å². The summed E-state index contributed by atoms with van der Waals surface area (Å²) in [4.78, 5) is 22.4. The molecule has 0 radical (unpaired) electrons. The monoisotopic (exact) mass is 351 g/mol. The van der Waals surface area contributed by atoms with Gasteiger partial charge in [-0.2, -0.15) is 0 Å². The quantitative estimate of drug-likeness (QED) is 0.821. The SMILES string of the molecule is O=C(O)/C=C/c1cccc(NC(=O)c2csc(Br)c2)c1. The fourth-order valence-electron chi connectivity index (χ4n) is 1.52. The number of rotatable bonds is 4. The van der Waals surface area contributed by atoms with Gasteiger partial charge in [0, 0.05) is 17.1 Å². The minimum absolute atomic E-state index is 0.202. The number of nitrogens with one attached hydrogen (secondary N) is 1. The van der Waals surface area contributed by atoms with Crippen LogP contribution in [0.3, 0.4) is 0 Å². The van der Waals surface area contributed by atoms with Crippen molar-refractivity contribution in [3.63, 3.8) is 0 Å². The highest BCUT2D eigenvalue weighted by atomic mass is 79.9. The number of thiophene rings is 1. The largest absolute Gasteiger partial charge is 0.478 e. The van der Waals surface area contributed by atoms with E-state index in [2.05, 4.69) is 21.2 Å². The van der Waals surface area contributed by atoms with E-state index in [1.54, 1.807) is 35.7 Å². The molecule has 0 unspecified atom stereocenters. The van der Waals surface area contributed by atoms with E-state index >= 15 is 0 Å². The van der Waals surface area contributed by atoms with Gasteiger partial charge in [-0.1, -0.05) is 12.1 Å². The van der Waals surface area contributed by atoms with Crippen molar-refractivity contribution < 1.29 is 14.7 Å². The van der Waals surface area contributed by atoms with Gasteiger partial charge in [-0.25, -0.2) is 4.79 Å². The summed E-state index contributed by atoms with van der Waals surface area (Å²) in [5.41, 5.74) is 1.90. The summed E-state index contributed by atoms with van der Waals surface area (Å²) in [7, 11) is 0. The molecule has 2 aromatic rings. The van der Waals surface area contributed by atoms with Crippen molar-refractivity contribution in [1.82, 2.24) is 0 Å². The lowest BCUT2D eigenvalue weighted by Gasteiger charge is -2.04. The fraction of sp³-hybridized carbons (Fsp3) is 0. The van der Waals surface area contributed by atoms with Gasteiger partial charge in [0.2, 0.25) is 0 Å². The molecule has 0 atom stereocenters. The Balaban J connectivity index is 2.11. The molecule has 0 aliphatic heterocycles. The molecule has 0 saturated carbocycles. The number of anilines is 1. The molecule has 0 fully saturated rings. The van der Waals surface area contributed by atoms with E-state index in [4.69, 9.17) is 5.11 Å². The number of hydrogen-bond donors (Lipinski definition) is 2. The van der Waals surface area contributed by atoms with Crippen molar-refractivity contribution in [1.29, 1.82) is 0 Å². The van der Waals surface area contributed by atoms with Gasteiger partial charge in [0.25, 0.3) is 5.91 Å². The summed E-state index contributed by atoms with van der Waals surface area (Å²) in [6.45, 7) is 0. The molecule has 1 heterocycles. The normalized spacial score (nSPS) is 10.7. The van der Waals surface area contributed by atoms with E-state index < -0.39 is 5.97 Å². The summed E-state index contributed by atoms with van der Waals surface area (Å²) in [5.74, 6) is -1.21. The average molecular weight is 352 g/mol. The molecule has 6 heteroatoms. The smallest absolute Gasteiger partial charge is 0.328 e. The summed E-state index contributed by atoms with van der Waals surface area (Å²) >= 11 is 4.74. The number of carboxylic acid groups (broad SMARTS) is 1. The molecule has 0 saturated heterocycles. The Morgan fingerprint density at radius 3 is 2.75 bits per heavy atom. The highest BCUT2D eigenvalue weighted by Crippen LogP contribution is 2.21. The molecular weight excluding hydrogens is 342 g/mol. The Hall–Kier alpha value is -1.92. The molecule has 20 heavy (non-hydrogen) atoms. The zero-order valence-corrected chi connectivity index (χ0v) is 12.6. The minimum Gasteiger partial charge on any atom is -0.478 e. The van der Waals surface area contributed by atoms with Crippen LogP contribution in [-0.4, -0.2) is 17.0 Å². The Bertz CT molecular complexity index is 679. The standard InChI is InChI=1S/C14H10BrNO3S/c15-12-7-10(8-20-12)14(19)16-11-3-1-2-9(6-11)4-5-13(17)18/h1-8H,(H,16,19)(H,17,18)/b5-4+. The molecule has 1 aromatic heterocycles. The number of amides is 1. The van der Waals surface area contributed by atoms with E-state index in [-0.39, 0.29) is 5.91 Å². The number of aliphatic carboxylic acids is 1. The van der Waals surface area contributed by atoms with Gasteiger partial charge in [-0.05, 0) is 45.8 Å². The molecule has 0 aliphatic rings. The minimum atomic E-state index is -1.01. The van der Waals surface area contributed by atoms with Gasteiger partial charge < -0.3 is 10.4 Å². The lowest BCUT2D eigenvalue weighted by molar-refractivity contribution is -0.131. The van der Waals surface area contributed by atoms with Gasteiger partial charge in [-0.15, -0.1) is 11.3 Å². The second-order valence-electron chi connectivity index (χ2n) is 3.89. The maximum Gasteiger partial charge on any atom is 0.328 e. The lowest BCUT2D eigenvalue weighted by atomic mass is 10.2. The second kappa shape index (κ2) is 6.49. The van der Waals surface area contributed by atoms with Gasteiger partial charge in [0.05, 0.1) is 9.35 Å². The Kier molecular flexibility index (Phi) is 4.70. The summed E-state index contributed by atoms with van der Waals surface area (Å²) < 4.78 is 0.890. The molecule has 1 aromatic carbocycles. The first-order chi connectivity index (χ1) is 9.54. The predicted molar refractivity (Wildman–Crippen MR) is 83.1 cm³/mol. The van der Waals surface area contributed by atoms with Crippen LogP contribution in [0.4, 0.5) is 5.69 Å². The van der Waals surface area contributed by atoms with E-state index in [0.717, 1.165) is 9.86 Å². The van der Waals surface area contributed by atoms with Crippen molar-refractivity contribution >= 4 is 50.9 Å². The number of carboxylic acids is 1. The second-order valence-corrected chi connectivity index (χ2v) is 6.18. The zero-order chi connectivity index (χ0) is 14.5. The highest BCUT2D eigenvalue weighted by Gasteiger charge is 2.08. The number of halogens is 1.